The van der Waals surface area contributed by atoms with E-state index in [4.69, 9.17) is 0 Å². The Bertz CT molecular complexity index is 676. The normalized spacial score (nSPS) is 25.8. The maximum atomic E-state index is 12.1. The molecular formula is C22H34N4O2. The van der Waals surface area contributed by atoms with Gasteiger partial charge in [0.15, 0.2) is 0 Å². The lowest BCUT2D eigenvalue weighted by Crippen LogP contribution is -2.52. The molecule has 2 fully saturated rings. The van der Waals surface area contributed by atoms with Crippen LogP contribution in [0, 0.1) is 0 Å². The summed E-state index contributed by atoms with van der Waals surface area (Å²) >= 11 is 0. The van der Waals surface area contributed by atoms with Crippen LogP contribution in [0.5, 0.6) is 0 Å². The van der Waals surface area contributed by atoms with Gasteiger partial charge in [0.05, 0.1) is 0 Å². The molecule has 6 nitrogen and oxygen atoms in total. The molecule has 1 saturated carbocycles. The molecule has 0 bridgehead atoms. The quantitative estimate of drug-likeness (QED) is 0.601. The lowest BCUT2D eigenvalue weighted by molar-refractivity contribution is -0.125. The summed E-state index contributed by atoms with van der Waals surface area (Å²) in [5.74, 6) is -0.159. The third kappa shape index (κ3) is 4.39. The van der Waals surface area contributed by atoms with Crippen molar-refractivity contribution in [1.82, 2.24) is 20.9 Å². The number of nitrogens with zero attached hydrogens (tertiary/aromatic N) is 1. The van der Waals surface area contributed by atoms with Crippen LogP contribution in [0.15, 0.2) is 24.3 Å². The van der Waals surface area contributed by atoms with Crippen molar-refractivity contribution < 1.29 is 9.59 Å². The number of benzene rings is 1. The van der Waals surface area contributed by atoms with E-state index in [9.17, 15) is 9.59 Å². The van der Waals surface area contributed by atoms with E-state index >= 15 is 0 Å². The van der Waals surface area contributed by atoms with Crippen molar-refractivity contribution in [3.63, 3.8) is 0 Å². The monoisotopic (exact) mass is 386 g/mol. The number of aryl methyl sites for hydroxylation is 1. The van der Waals surface area contributed by atoms with Crippen LogP contribution in [0.2, 0.25) is 0 Å². The maximum absolute atomic E-state index is 12.1. The largest absolute Gasteiger partial charge is 0.323 e. The number of nitrogens with one attached hydrogen (secondary N) is 3. The maximum Gasteiger partial charge on any atom is 0.322 e. The zero-order valence-electron chi connectivity index (χ0n) is 17.4. The van der Waals surface area contributed by atoms with Crippen LogP contribution in [-0.2, 0) is 11.2 Å². The van der Waals surface area contributed by atoms with Crippen molar-refractivity contribution in [2.45, 2.75) is 70.5 Å². The van der Waals surface area contributed by atoms with Gasteiger partial charge in [-0.3, -0.25) is 15.0 Å². The number of hydrogen-bond donors (Lipinski definition) is 3. The summed E-state index contributed by atoms with van der Waals surface area (Å²) < 4.78 is 0. The minimum absolute atomic E-state index is 0.159. The second-order valence-corrected chi connectivity index (χ2v) is 8.01. The van der Waals surface area contributed by atoms with E-state index < -0.39 is 5.54 Å². The molecule has 3 rings (SSSR count). The van der Waals surface area contributed by atoms with Gasteiger partial charge in [-0.1, -0.05) is 45.0 Å². The van der Waals surface area contributed by atoms with Gasteiger partial charge in [0.1, 0.15) is 5.54 Å². The number of amides is 3. The first-order valence-electron chi connectivity index (χ1n) is 10.7. The van der Waals surface area contributed by atoms with Crippen molar-refractivity contribution in [3.8, 4) is 0 Å². The number of hydrogen-bond acceptors (Lipinski definition) is 4. The number of urea groups is 1. The molecule has 1 saturated heterocycles. The number of likely N-dealkylation sites (N-methyl/N-ethyl adjacent to an activating group) is 1. The van der Waals surface area contributed by atoms with E-state index in [1.54, 1.807) is 0 Å². The molecule has 154 valence electrons. The second kappa shape index (κ2) is 9.05. The Balaban J connectivity index is 1.61. The Hall–Kier alpha value is -1.92. The molecule has 1 aromatic carbocycles. The van der Waals surface area contributed by atoms with E-state index in [1.807, 2.05) is 0 Å². The average Bonchev–Trinajstić information content (AvgIpc) is 2.99. The van der Waals surface area contributed by atoms with Gasteiger partial charge in [0, 0.05) is 18.6 Å². The number of imide groups is 1. The van der Waals surface area contributed by atoms with Crippen LogP contribution in [0.1, 0.15) is 63.6 Å². The van der Waals surface area contributed by atoms with Crippen molar-refractivity contribution >= 4 is 11.9 Å². The van der Waals surface area contributed by atoms with Crippen molar-refractivity contribution in [2.24, 2.45) is 0 Å². The zero-order chi connectivity index (χ0) is 20.1. The lowest BCUT2D eigenvalue weighted by atomic mass is 9.79. The Morgan fingerprint density at radius 1 is 1.11 bits per heavy atom. The minimum Gasteiger partial charge on any atom is -0.323 e. The van der Waals surface area contributed by atoms with Crippen LogP contribution >= 0.6 is 0 Å². The molecule has 0 radical (unpaired) electrons. The molecule has 1 aromatic rings. The third-order valence-corrected chi connectivity index (χ3v) is 6.48. The smallest absolute Gasteiger partial charge is 0.322 e. The molecule has 3 N–H and O–H groups in total. The van der Waals surface area contributed by atoms with Crippen molar-refractivity contribution in [1.29, 1.82) is 0 Å². The van der Waals surface area contributed by atoms with E-state index in [0.717, 1.165) is 38.9 Å². The molecule has 2 aliphatic rings. The van der Waals surface area contributed by atoms with Gasteiger partial charge >= 0.3 is 6.03 Å². The zero-order valence-corrected chi connectivity index (χ0v) is 17.4. The van der Waals surface area contributed by atoms with Crippen LogP contribution in [0.3, 0.4) is 0 Å². The summed E-state index contributed by atoms with van der Waals surface area (Å²) in [6.07, 6.45) is 4.25. The van der Waals surface area contributed by atoms with Gasteiger partial charge in [-0.25, -0.2) is 4.79 Å². The predicted octanol–water partition coefficient (Wildman–Crippen LogP) is 2.74. The summed E-state index contributed by atoms with van der Waals surface area (Å²) in [6.45, 7) is 9.52. The Kier molecular flexibility index (Phi) is 6.73. The van der Waals surface area contributed by atoms with Crippen LogP contribution in [0.4, 0.5) is 4.79 Å². The first-order valence-corrected chi connectivity index (χ1v) is 10.7. The van der Waals surface area contributed by atoms with Gasteiger partial charge in [-0.15, -0.1) is 0 Å². The highest BCUT2D eigenvalue weighted by Crippen LogP contribution is 2.31. The molecule has 0 aromatic heterocycles. The summed E-state index contributed by atoms with van der Waals surface area (Å²) in [5, 5.41) is 8.97. The van der Waals surface area contributed by atoms with Gasteiger partial charge in [-0.2, -0.15) is 0 Å². The highest BCUT2D eigenvalue weighted by molar-refractivity contribution is 6.07. The molecule has 1 aliphatic carbocycles. The Morgan fingerprint density at radius 2 is 1.75 bits per heavy atom. The van der Waals surface area contributed by atoms with E-state index in [2.05, 4.69) is 65.9 Å². The van der Waals surface area contributed by atoms with E-state index in [1.165, 1.54) is 11.1 Å². The number of carbonyl (C=O) groups is 2. The molecule has 1 heterocycles. The second-order valence-electron chi connectivity index (χ2n) is 8.01. The van der Waals surface area contributed by atoms with Crippen LogP contribution in [0.25, 0.3) is 0 Å². The fourth-order valence-electron chi connectivity index (χ4n) is 4.57. The molecule has 6 heteroatoms. The van der Waals surface area contributed by atoms with Gasteiger partial charge in [0.2, 0.25) is 0 Å². The highest BCUT2D eigenvalue weighted by atomic mass is 16.2. The summed E-state index contributed by atoms with van der Waals surface area (Å²) in [7, 11) is 0. The van der Waals surface area contributed by atoms with E-state index in [-0.39, 0.29) is 11.9 Å². The molecule has 28 heavy (non-hydrogen) atoms. The fourth-order valence-corrected chi connectivity index (χ4v) is 4.57. The fraction of sp³-hybridized carbons (Fsp3) is 0.636. The van der Waals surface area contributed by atoms with Crippen molar-refractivity contribution in [3.05, 3.63) is 35.4 Å². The molecular weight excluding hydrogens is 352 g/mol. The van der Waals surface area contributed by atoms with E-state index in [0.29, 0.717) is 24.9 Å². The molecule has 1 spiro atoms. The Morgan fingerprint density at radius 3 is 2.25 bits per heavy atom. The lowest BCUT2D eigenvalue weighted by Gasteiger charge is -2.37. The third-order valence-electron chi connectivity index (χ3n) is 6.48. The van der Waals surface area contributed by atoms with Gasteiger partial charge in [0.25, 0.3) is 5.91 Å². The van der Waals surface area contributed by atoms with Gasteiger partial charge in [-0.05, 0) is 56.3 Å². The molecule has 1 unspecified atom stereocenters. The minimum atomic E-state index is -0.677. The number of carbonyl (C=O) groups excluding carboxylic acids is 2. The van der Waals surface area contributed by atoms with Crippen LogP contribution < -0.4 is 16.0 Å². The Labute approximate surface area is 168 Å². The molecule has 1 atom stereocenters. The first-order chi connectivity index (χ1) is 13.5. The molecule has 1 aliphatic heterocycles. The highest BCUT2D eigenvalue weighted by Gasteiger charge is 2.47. The predicted molar refractivity (Wildman–Crippen MR) is 111 cm³/mol. The van der Waals surface area contributed by atoms with Crippen LogP contribution in [-0.4, -0.2) is 48.1 Å². The summed E-state index contributed by atoms with van der Waals surface area (Å²) in [5.41, 5.74) is 2.04. The molecule has 3 amide bonds. The number of rotatable bonds is 8. The average molecular weight is 387 g/mol. The van der Waals surface area contributed by atoms with Gasteiger partial charge < -0.3 is 10.6 Å². The standard InChI is InChI=1S/C22H34N4O2/c1-4-16-7-9-17(10-8-16)19(26(5-2)6-3)15-23-18-11-13-22(14-12-18)20(27)24-21(28)25-22/h7-10,18-19,23H,4-6,11-15H2,1-3H3,(H2,24,25,27,28). The topological polar surface area (TPSA) is 73.5 Å². The summed E-state index contributed by atoms with van der Waals surface area (Å²) in [4.78, 5) is 26.1. The first kappa shape index (κ1) is 20.8. The summed E-state index contributed by atoms with van der Waals surface area (Å²) in [6, 6.07) is 9.36. The SMILES string of the molecule is CCc1ccc(C(CNC2CCC3(CC2)NC(=O)NC3=O)N(CC)CC)cc1. The van der Waals surface area contributed by atoms with Crippen molar-refractivity contribution in [2.75, 3.05) is 19.6 Å².